The van der Waals surface area contributed by atoms with Crippen molar-refractivity contribution in [3.8, 4) is 0 Å². The van der Waals surface area contributed by atoms with Gasteiger partial charge >= 0.3 is 0 Å². The van der Waals surface area contributed by atoms with Crippen molar-refractivity contribution >= 4 is 9.39 Å². The maximum Gasteiger partial charge on any atom is 0.0407 e. The number of hydrogen-bond donors (Lipinski definition) is 1. The van der Waals surface area contributed by atoms with E-state index >= 15 is 0 Å². The number of nitrogens with one attached hydrogen (secondary N) is 1. The van der Waals surface area contributed by atoms with E-state index in [2.05, 4.69) is 5.09 Å². The Morgan fingerprint density at radius 2 is 2.17 bits per heavy atom. The molecule has 0 radical (unpaired) electrons. The molecule has 1 fully saturated rings. The molecule has 0 spiro atoms. The fourth-order valence-corrected chi connectivity index (χ4v) is 1.02. The molecule has 0 aliphatic heterocycles. The Hall–Kier alpha value is 0.390. The van der Waals surface area contributed by atoms with Crippen LogP contribution in [0.2, 0.25) is 0 Å². The van der Waals surface area contributed by atoms with Crippen LogP contribution in [0.15, 0.2) is 0 Å². The summed E-state index contributed by atoms with van der Waals surface area (Å²) in [5.74, 6) is 0. The van der Waals surface area contributed by atoms with E-state index in [1.165, 1.54) is 19.3 Å². The Kier molecular flexibility index (Phi) is 1.44. The Labute approximate surface area is 40.8 Å². The quantitative estimate of drug-likeness (QED) is 0.481. The summed E-state index contributed by atoms with van der Waals surface area (Å²) >= 11 is 0. The molecule has 1 nitrogen and oxygen atoms in total. The average molecular weight is 104 g/mol. The van der Waals surface area contributed by atoms with E-state index in [9.17, 15) is 0 Å². The number of rotatable bonds is 1. The standard InChI is InChI=1S/C4H10NP/c6-5-4-2-1-3-4/h4-5H,1-3,6H2/p+1. The highest BCUT2D eigenvalue weighted by Gasteiger charge is 2.15. The first-order valence-corrected chi connectivity index (χ1v) is 3.17. The van der Waals surface area contributed by atoms with Crippen LogP contribution in [-0.2, 0) is 0 Å². The van der Waals surface area contributed by atoms with Crippen molar-refractivity contribution in [3.63, 3.8) is 0 Å². The molecule has 0 aromatic rings. The molecule has 1 aliphatic rings. The van der Waals surface area contributed by atoms with Crippen LogP contribution in [0.4, 0.5) is 0 Å². The summed E-state index contributed by atoms with van der Waals surface area (Å²) in [7, 11) is 1.86. The van der Waals surface area contributed by atoms with E-state index in [1.54, 1.807) is 0 Å². The average Bonchev–Trinajstić information content (AvgIpc) is 1.31. The third-order valence-electron chi connectivity index (χ3n) is 1.39. The first kappa shape index (κ1) is 4.55. The van der Waals surface area contributed by atoms with Gasteiger partial charge in [-0.25, -0.2) is 0 Å². The molecule has 0 heterocycles. The molecule has 1 N–H and O–H groups in total. The zero-order valence-electron chi connectivity index (χ0n) is 3.91. The predicted octanol–water partition coefficient (Wildman–Crippen LogP) is 0.651. The van der Waals surface area contributed by atoms with Crippen LogP contribution >= 0.6 is 9.39 Å². The Morgan fingerprint density at radius 1 is 1.50 bits per heavy atom. The second-order valence-corrected chi connectivity index (χ2v) is 2.24. The van der Waals surface area contributed by atoms with Crippen molar-refractivity contribution in [1.82, 2.24) is 5.09 Å². The molecule has 6 heavy (non-hydrogen) atoms. The lowest BCUT2D eigenvalue weighted by Crippen LogP contribution is -2.27. The summed E-state index contributed by atoms with van der Waals surface area (Å²) in [6.45, 7) is 0. The van der Waals surface area contributed by atoms with Crippen LogP contribution in [0, 0.1) is 0 Å². The Bertz CT molecular complexity index is 40.1. The van der Waals surface area contributed by atoms with E-state index in [-0.39, 0.29) is 0 Å². The summed E-state index contributed by atoms with van der Waals surface area (Å²) in [4.78, 5) is 0. The predicted molar refractivity (Wildman–Crippen MR) is 31.9 cm³/mol. The van der Waals surface area contributed by atoms with Crippen molar-refractivity contribution < 1.29 is 0 Å². The fourth-order valence-electron chi connectivity index (χ4n) is 0.612. The van der Waals surface area contributed by atoms with Crippen molar-refractivity contribution in [2.45, 2.75) is 25.3 Å². The molecule has 1 aliphatic carbocycles. The minimum absolute atomic E-state index is 0.878. The molecule has 0 bridgehead atoms. The lowest BCUT2D eigenvalue weighted by atomic mass is 9.94. The van der Waals surface area contributed by atoms with Crippen LogP contribution < -0.4 is 5.09 Å². The molecule has 0 aromatic heterocycles. The van der Waals surface area contributed by atoms with E-state index in [4.69, 9.17) is 0 Å². The maximum atomic E-state index is 3.23. The first-order valence-electron chi connectivity index (χ1n) is 2.46. The normalized spacial score (nSPS) is 24.0. The van der Waals surface area contributed by atoms with E-state index < -0.39 is 0 Å². The van der Waals surface area contributed by atoms with E-state index in [0.29, 0.717) is 0 Å². The molecule has 0 aromatic carbocycles. The lowest BCUT2D eigenvalue weighted by Gasteiger charge is -2.20. The van der Waals surface area contributed by atoms with Crippen molar-refractivity contribution in [2.24, 2.45) is 0 Å². The van der Waals surface area contributed by atoms with Gasteiger partial charge in [0.1, 0.15) is 0 Å². The summed E-state index contributed by atoms with van der Waals surface area (Å²) in [5.41, 5.74) is 0. The van der Waals surface area contributed by atoms with Crippen LogP contribution in [0.3, 0.4) is 0 Å². The van der Waals surface area contributed by atoms with Gasteiger partial charge in [0.05, 0.1) is 0 Å². The van der Waals surface area contributed by atoms with Gasteiger partial charge in [-0.3, -0.25) is 0 Å². The minimum Gasteiger partial charge on any atom is -0.197 e. The largest absolute Gasteiger partial charge is 0.197 e. The van der Waals surface area contributed by atoms with Crippen molar-refractivity contribution in [2.75, 3.05) is 0 Å². The van der Waals surface area contributed by atoms with E-state index in [0.717, 1.165) is 6.04 Å². The van der Waals surface area contributed by atoms with Gasteiger partial charge in [0.25, 0.3) is 0 Å². The monoisotopic (exact) mass is 104 g/mol. The highest BCUT2D eigenvalue weighted by atomic mass is 31.0. The van der Waals surface area contributed by atoms with Gasteiger partial charge in [0.2, 0.25) is 0 Å². The van der Waals surface area contributed by atoms with Gasteiger partial charge in [0.15, 0.2) is 0 Å². The lowest BCUT2D eigenvalue weighted by molar-refractivity contribution is 0.395. The van der Waals surface area contributed by atoms with Crippen LogP contribution in [0.5, 0.6) is 0 Å². The van der Waals surface area contributed by atoms with Gasteiger partial charge < -0.3 is 0 Å². The second-order valence-electron chi connectivity index (χ2n) is 1.83. The molecule has 1 saturated carbocycles. The molecule has 0 amide bonds. The zero-order chi connectivity index (χ0) is 4.41. The van der Waals surface area contributed by atoms with Crippen LogP contribution in [-0.4, -0.2) is 6.04 Å². The summed E-state index contributed by atoms with van der Waals surface area (Å²) in [6, 6.07) is 0.878. The minimum atomic E-state index is 0.878. The summed E-state index contributed by atoms with van der Waals surface area (Å²) in [6.07, 6.45) is 4.25. The van der Waals surface area contributed by atoms with Gasteiger partial charge in [-0.15, -0.1) is 0 Å². The van der Waals surface area contributed by atoms with Gasteiger partial charge in [-0.2, -0.15) is 5.09 Å². The molecule has 0 saturated heterocycles. The Morgan fingerprint density at radius 3 is 2.17 bits per heavy atom. The Balaban J connectivity index is 2.01. The maximum absolute atomic E-state index is 3.23. The van der Waals surface area contributed by atoms with Gasteiger partial charge in [-0.1, -0.05) is 6.42 Å². The highest BCUT2D eigenvalue weighted by Crippen LogP contribution is 2.18. The van der Waals surface area contributed by atoms with Crippen molar-refractivity contribution in [3.05, 3.63) is 0 Å². The zero-order valence-corrected chi connectivity index (χ0v) is 5.32. The summed E-state index contributed by atoms with van der Waals surface area (Å²) < 4.78 is 0. The van der Waals surface area contributed by atoms with Gasteiger partial charge in [-0.05, 0) is 12.8 Å². The van der Waals surface area contributed by atoms with Crippen molar-refractivity contribution in [1.29, 1.82) is 0 Å². The van der Waals surface area contributed by atoms with Crippen LogP contribution in [0.1, 0.15) is 19.3 Å². The van der Waals surface area contributed by atoms with Crippen LogP contribution in [0.25, 0.3) is 0 Å². The molecule has 1 rings (SSSR count). The first-order chi connectivity index (χ1) is 2.93. The molecule has 1 unspecified atom stereocenters. The van der Waals surface area contributed by atoms with Gasteiger partial charge in [0, 0.05) is 15.4 Å². The molecular weight excluding hydrogens is 93.0 g/mol. The SMILES string of the molecule is [PH3+]NC1CCC1. The third kappa shape index (κ3) is 0.717. The third-order valence-corrected chi connectivity index (χ3v) is 1.97. The molecule has 1 atom stereocenters. The fraction of sp³-hybridized carbons (Fsp3) is 1.00. The summed E-state index contributed by atoms with van der Waals surface area (Å²) in [5, 5.41) is 3.23. The topological polar surface area (TPSA) is 12.0 Å². The smallest absolute Gasteiger partial charge is 0.0407 e. The number of hydrogen-bond acceptors (Lipinski definition) is 1. The second kappa shape index (κ2) is 1.90. The van der Waals surface area contributed by atoms with E-state index in [1.807, 2.05) is 9.39 Å². The molecular formula is C4H11NP+. The highest BCUT2D eigenvalue weighted by molar-refractivity contribution is 7.13. The molecule has 36 valence electrons. The molecule has 2 heteroatoms.